The molecule has 1 aliphatic rings. The fourth-order valence-corrected chi connectivity index (χ4v) is 1.90. The molecular weight excluding hydrogens is 206 g/mol. The van der Waals surface area contributed by atoms with Gasteiger partial charge in [0, 0.05) is 18.7 Å². The van der Waals surface area contributed by atoms with Crippen LogP contribution < -0.4 is 0 Å². The number of rotatable bonds is 0. The first kappa shape index (κ1) is 7.37. The van der Waals surface area contributed by atoms with Crippen molar-refractivity contribution in [1.82, 2.24) is 4.90 Å². The lowest BCUT2D eigenvalue weighted by Crippen LogP contribution is -2.25. The van der Waals surface area contributed by atoms with Gasteiger partial charge in [-0.05, 0) is 35.0 Å². The summed E-state index contributed by atoms with van der Waals surface area (Å²) < 4.78 is 6.16. The van der Waals surface area contributed by atoms with E-state index in [9.17, 15) is 0 Å². The zero-order chi connectivity index (χ0) is 7.84. The van der Waals surface area contributed by atoms with E-state index in [4.69, 9.17) is 4.42 Å². The monoisotopic (exact) mass is 215 g/mol. The highest BCUT2D eigenvalue weighted by Crippen LogP contribution is 2.27. The van der Waals surface area contributed by atoms with Crippen molar-refractivity contribution in [2.75, 3.05) is 13.6 Å². The van der Waals surface area contributed by atoms with Crippen LogP contribution in [0.5, 0.6) is 0 Å². The number of hydrogen-bond donors (Lipinski definition) is 0. The Morgan fingerprint density at radius 1 is 1.64 bits per heavy atom. The zero-order valence-corrected chi connectivity index (χ0v) is 8.02. The number of nitrogens with zero attached hydrogens (tertiary/aromatic N) is 1. The van der Waals surface area contributed by atoms with Gasteiger partial charge in [0.2, 0.25) is 0 Å². The van der Waals surface area contributed by atoms with E-state index in [1.54, 1.807) is 0 Å². The number of furan rings is 1. The van der Waals surface area contributed by atoms with Crippen molar-refractivity contribution in [2.24, 2.45) is 0 Å². The minimum atomic E-state index is 0.902. The smallest absolute Gasteiger partial charge is 0.173 e. The lowest BCUT2D eigenvalue weighted by atomic mass is 10.1. The average molecular weight is 216 g/mol. The molecule has 1 aliphatic heterocycles. The number of likely N-dealkylation sites (N-methyl/N-ethyl adjacent to an activating group) is 1. The molecule has 0 N–H and O–H groups in total. The van der Waals surface area contributed by atoms with E-state index in [-0.39, 0.29) is 0 Å². The van der Waals surface area contributed by atoms with Gasteiger partial charge >= 0.3 is 0 Å². The summed E-state index contributed by atoms with van der Waals surface area (Å²) in [7, 11) is 2.13. The first-order valence-corrected chi connectivity index (χ1v) is 4.50. The molecule has 0 bridgehead atoms. The lowest BCUT2D eigenvalue weighted by molar-refractivity contribution is 0.312. The summed E-state index contributed by atoms with van der Waals surface area (Å²) in [6, 6.07) is 0. The first-order valence-electron chi connectivity index (χ1n) is 3.70. The van der Waals surface area contributed by atoms with Crippen molar-refractivity contribution in [2.45, 2.75) is 13.0 Å². The highest BCUT2D eigenvalue weighted by atomic mass is 79.9. The molecule has 0 saturated carbocycles. The van der Waals surface area contributed by atoms with Crippen molar-refractivity contribution < 1.29 is 4.42 Å². The topological polar surface area (TPSA) is 16.4 Å². The molecule has 0 amide bonds. The minimum absolute atomic E-state index is 0.902. The summed E-state index contributed by atoms with van der Waals surface area (Å²) in [6.45, 7) is 2.14. The Kier molecular flexibility index (Phi) is 1.77. The highest BCUT2D eigenvalue weighted by Gasteiger charge is 2.18. The van der Waals surface area contributed by atoms with Crippen LogP contribution in [0, 0.1) is 0 Å². The van der Waals surface area contributed by atoms with Gasteiger partial charge in [-0.3, -0.25) is 0 Å². The molecule has 2 rings (SSSR count). The van der Waals surface area contributed by atoms with E-state index < -0.39 is 0 Å². The van der Waals surface area contributed by atoms with E-state index in [1.807, 2.05) is 6.26 Å². The van der Waals surface area contributed by atoms with Crippen LogP contribution in [0.3, 0.4) is 0 Å². The summed E-state index contributed by atoms with van der Waals surface area (Å²) in [6.07, 6.45) is 2.97. The van der Waals surface area contributed by atoms with Crippen molar-refractivity contribution in [3.8, 4) is 0 Å². The van der Waals surface area contributed by atoms with Gasteiger partial charge in [0.1, 0.15) is 0 Å². The van der Waals surface area contributed by atoms with E-state index in [1.165, 1.54) is 11.1 Å². The molecule has 60 valence electrons. The molecule has 0 saturated heterocycles. The second-order valence-electron chi connectivity index (χ2n) is 3.00. The second-order valence-corrected chi connectivity index (χ2v) is 3.72. The maximum absolute atomic E-state index is 5.26. The molecular formula is C8H10BrNO. The van der Waals surface area contributed by atoms with Crippen molar-refractivity contribution in [1.29, 1.82) is 0 Å². The molecule has 0 unspecified atom stereocenters. The molecule has 11 heavy (non-hydrogen) atoms. The molecule has 0 aromatic carbocycles. The van der Waals surface area contributed by atoms with Crippen LogP contribution in [0.1, 0.15) is 11.1 Å². The van der Waals surface area contributed by atoms with Crippen molar-refractivity contribution >= 4 is 15.9 Å². The molecule has 0 atom stereocenters. The number of halogens is 1. The van der Waals surface area contributed by atoms with Gasteiger partial charge in [-0.25, -0.2) is 0 Å². The van der Waals surface area contributed by atoms with Crippen LogP contribution in [-0.4, -0.2) is 18.5 Å². The summed E-state index contributed by atoms with van der Waals surface area (Å²) >= 11 is 3.39. The molecule has 0 fully saturated rings. The Morgan fingerprint density at radius 2 is 2.45 bits per heavy atom. The summed E-state index contributed by atoms with van der Waals surface area (Å²) in [5, 5.41) is 0. The van der Waals surface area contributed by atoms with E-state index in [0.717, 1.165) is 24.2 Å². The third-order valence-corrected chi connectivity index (χ3v) is 2.79. The van der Waals surface area contributed by atoms with E-state index in [2.05, 4.69) is 27.9 Å². The highest BCUT2D eigenvalue weighted by molar-refractivity contribution is 9.10. The molecule has 3 heteroatoms. The van der Waals surface area contributed by atoms with Gasteiger partial charge in [0.25, 0.3) is 0 Å². The molecule has 0 spiro atoms. The molecule has 2 nitrogen and oxygen atoms in total. The number of fused-ring (bicyclic) bond motifs is 1. The molecule has 1 aromatic rings. The Balaban J connectivity index is 2.37. The van der Waals surface area contributed by atoms with Crippen LogP contribution in [0.4, 0.5) is 0 Å². The predicted molar refractivity (Wildman–Crippen MR) is 46.4 cm³/mol. The third-order valence-electron chi connectivity index (χ3n) is 2.12. The quantitative estimate of drug-likeness (QED) is 0.659. The fourth-order valence-electron chi connectivity index (χ4n) is 1.43. The van der Waals surface area contributed by atoms with Crippen molar-refractivity contribution in [3.05, 3.63) is 22.1 Å². The van der Waals surface area contributed by atoms with Gasteiger partial charge in [0.15, 0.2) is 4.67 Å². The molecule has 0 aliphatic carbocycles. The maximum atomic E-state index is 5.26. The van der Waals surface area contributed by atoms with Crippen molar-refractivity contribution in [3.63, 3.8) is 0 Å². The fraction of sp³-hybridized carbons (Fsp3) is 0.500. The first-order chi connectivity index (χ1) is 5.27. The van der Waals surface area contributed by atoms with Crippen LogP contribution in [-0.2, 0) is 13.0 Å². The van der Waals surface area contributed by atoms with Gasteiger partial charge < -0.3 is 9.32 Å². The van der Waals surface area contributed by atoms with Gasteiger partial charge in [0.05, 0.1) is 6.26 Å². The molecule has 2 heterocycles. The summed E-state index contributed by atoms with van der Waals surface area (Å²) in [5.74, 6) is 0. The van der Waals surface area contributed by atoms with E-state index in [0.29, 0.717) is 0 Å². The Morgan fingerprint density at radius 3 is 3.27 bits per heavy atom. The largest absolute Gasteiger partial charge is 0.457 e. The van der Waals surface area contributed by atoms with Crippen LogP contribution >= 0.6 is 15.9 Å². The maximum Gasteiger partial charge on any atom is 0.173 e. The third kappa shape index (κ3) is 1.23. The van der Waals surface area contributed by atoms with Gasteiger partial charge in [-0.15, -0.1) is 0 Å². The number of hydrogen-bond acceptors (Lipinski definition) is 2. The SMILES string of the molecule is CN1CCc2coc(Br)c2C1. The van der Waals surface area contributed by atoms with E-state index >= 15 is 0 Å². The summed E-state index contributed by atoms with van der Waals surface area (Å²) in [4.78, 5) is 2.29. The normalized spacial score (nSPS) is 18.4. The Labute approximate surface area is 74.3 Å². The second kappa shape index (κ2) is 2.64. The summed E-state index contributed by atoms with van der Waals surface area (Å²) in [5.41, 5.74) is 2.67. The lowest BCUT2D eigenvalue weighted by Gasteiger charge is -2.21. The van der Waals surface area contributed by atoms with Crippen LogP contribution in [0.25, 0.3) is 0 Å². The minimum Gasteiger partial charge on any atom is -0.457 e. The molecule has 1 aromatic heterocycles. The van der Waals surface area contributed by atoms with Gasteiger partial charge in [-0.2, -0.15) is 0 Å². The Hall–Kier alpha value is -0.280. The zero-order valence-electron chi connectivity index (χ0n) is 6.43. The standard InChI is InChI=1S/C8H10BrNO/c1-10-3-2-6-5-11-8(9)7(6)4-10/h5H,2-4H2,1H3. The van der Waals surface area contributed by atoms with Crippen LogP contribution in [0.15, 0.2) is 15.3 Å². The Bertz CT molecular complexity index is 269. The van der Waals surface area contributed by atoms with Gasteiger partial charge in [-0.1, -0.05) is 0 Å². The van der Waals surface area contributed by atoms with Crippen LogP contribution in [0.2, 0.25) is 0 Å². The predicted octanol–water partition coefficient (Wildman–Crippen LogP) is 2.03. The average Bonchev–Trinajstić information content (AvgIpc) is 2.33. The molecule has 0 radical (unpaired) electrons.